The average Bonchev–Trinajstić information content (AvgIpc) is 3.54. The number of fused-ring (bicyclic) bond motifs is 7. The van der Waals surface area contributed by atoms with Crippen LogP contribution in [0.2, 0.25) is 0 Å². The van der Waals surface area contributed by atoms with Crippen LogP contribution in [0.5, 0.6) is 0 Å². The predicted molar refractivity (Wildman–Crippen MR) is 188 cm³/mol. The second kappa shape index (κ2) is 10.1. The lowest BCUT2D eigenvalue weighted by Crippen LogP contribution is -2.23. The van der Waals surface area contributed by atoms with Gasteiger partial charge in [-0.2, -0.15) is 0 Å². The summed E-state index contributed by atoms with van der Waals surface area (Å²) in [6.07, 6.45) is 4.40. The summed E-state index contributed by atoms with van der Waals surface area (Å²) in [6.45, 7) is 9.47. The molecule has 2 aliphatic carbocycles. The van der Waals surface area contributed by atoms with E-state index in [1.54, 1.807) is 0 Å². The lowest BCUT2D eigenvalue weighted by atomic mass is 9.72. The molecule has 0 saturated carbocycles. The van der Waals surface area contributed by atoms with Crippen LogP contribution in [-0.4, -0.2) is 0 Å². The number of hydrogen-bond acceptors (Lipinski definition) is 0. The smallest absolute Gasteiger partial charge is 0.0210 e. The molecule has 0 radical (unpaired) electrons. The molecule has 0 aromatic heterocycles. The van der Waals surface area contributed by atoms with Crippen LogP contribution in [0.3, 0.4) is 0 Å². The molecular formula is C44H40. The summed E-state index contributed by atoms with van der Waals surface area (Å²) in [4.78, 5) is 0. The van der Waals surface area contributed by atoms with Gasteiger partial charge >= 0.3 is 0 Å². The van der Waals surface area contributed by atoms with E-state index in [-0.39, 0.29) is 10.8 Å². The highest BCUT2D eigenvalue weighted by atomic mass is 14.4. The van der Waals surface area contributed by atoms with Crippen molar-refractivity contribution in [2.45, 2.75) is 64.2 Å². The highest BCUT2D eigenvalue weighted by molar-refractivity contribution is 5.90. The molecule has 0 spiro atoms. The fourth-order valence-corrected chi connectivity index (χ4v) is 8.88. The monoisotopic (exact) mass is 568 g/mol. The topological polar surface area (TPSA) is 0 Å². The van der Waals surface area contributed by atoms with Crippen LogP contribution in [0.1, 0.15) is 75.6 Å². The summed E-state index contributed by atoms with van der Waals surface area (Å²) >= 11 is 0. The van der Waals surface area contributed by atoms with E-state index >= 15 is 0 Å². The third-order valence-electron chi connectivity index (χ3n) is 11.5. The molecule has 0 nitrogen and oxygen atoms in total. The van der Waals surface area contributed by atoms with Gasteiger partial charge in [0, 0.05) is 10.8 Å². The Kier molecular flexibility index (Phi) is 6.21. The molecule has 6 aromatic rings. The molecule has 44 heavy (non-hydrogen) atoms. The van der Waals surface area contributed by atoms with E-state index in [0.29, 0.717) is 0 Å². The van der Waals surface area contributed by atoms with Crippen molar-refractivity contribution in [1.29, 1.82) is 0 Å². The third-order valence-corrected chi connectivity index (χ3v) is 11.5. The Hall–Kier alpha value is -4.42. The Labute approximate surface area is 262 Å². The van der Waals surface area contributed by atoms with Gasteiger partial charge in [0.15, 0.2) is 0 Å². The summed E-state index contributed by atoms with van der Waals surface area (Å²) in [5.41, 5.74) is 17.0. The van der Waals surface area contributed by atoms with Crippen molar-refractivity contribution in [1.82, 2.24) is 0 Å². The third kappa shape index (κ3) is 3.64. The molecule has 0 amide bonds. The van der Waals surface area contributed by atoms with Crippen molar-refractivity contribution >= 4 is 10.8 Å². The molecule has 0 heterocycles. The van der Waals surface area contributed by atoms with Crippen molar-refractivity contribution in [3.8, 4) is 44.5 Å². The van der Waals surface area contributed by atoms with E-state index in [2.05, 4.69) is 149 Å². The first-order valence-electron chi connectivity index (χ1n) is 16.6. The fraction of sp³-hybridized carbons (Fsp3) is 0.227. The van der Waals surface area contributed by atoms with Crippen molar-refractivity contribution in [3.63, 3.8) is 0 Å². The first-order valence-corrected chi connectivity index (χ1v) is 16.6. The second-order valence-electron chi connectivity index (χ2n) is 13.0. The number of rotatable bonds is 6. The predicted octanol–water partition coefficient (Wildman–Crippen LogP) is 12.3. The van der Waals surface area contributed by atoms with Gasteiger partial charge in [-0.1, -0.05) is 125 Å². The van der Waals surface area contributed by atoms with Gasteiger partial charge in [0.05, 0.1) is 0 Å². The Morgan fingerprint density at radius 2 is 0.727 bits per heavy atom. The Morgan fingerprint density at radius 1 is 0.341 bits per heavy atom. The Morgan fingerprint density at radius 3 is 1.25 bits per heavy atom. The minimum absolute atomic E-state index is 0.0110. The normalized spacial score (nSPS) is 15.1. The van der Waals surface area contributed by atoms with Crippen LogP contribution in [0.4, 0.5) is 0 Å². The van der Waals surface area contributed by atoms with E-state index in [1.807, 2.05) is 0 Å². The summed E-state index contributed by atoms with van der Waals surface area (Å²) < 4.78 is 0. The van der Waals surface area contributed by atoms with E-state index in [9.17, 15) is 0 Å². The summed E-state index contributed by atoms with van der Waals surface area (Å²) in [5.74, 6) is 0. The quantitative estimate of drug-likeness (QED) is 0.187. The zero-order valence-corrected chi connectivity index (χ0v) is 26.4. The Balaban J connectivity index is 1.24. The summed E-state index contributed by atoms with van der Waals surface area (Å²) in [5, 5.41) is 2.59. The molecule has 0 aliphatic heterocycles. The van der Waals surface area contributed by atoms with Crippen LogP contribution < -0.4 is 0 Å². The van der Waals surface area contributed by atoms with Crippen LogP contribution >= 0.6 is 0 Å². The van der Waals surface area contributed by atoms with E-state index in [1.165, 1.54) is 77.5 Å². The van der Waals surface area contributed by atoms with Crippen molar-refractivity contribution in [2.24, 2.45) is 0 Å². The average molecular weight is 569 g/mol. The minimum Gasteiger partial charge on any atom is -0.0642 e. The van der Waals surface area contributed by atoms with Gasteiger partial charge < -0.3 is 0 Å². The van der Waals surface area contributed by atoms with Gasteiger partial charge in [0.1, 0.15) is 0 Å². The van der Waals surface area contributed by atoms with Gasteiger partial charge in [-0.05, 0) is 127 Å². The first kappa shape index (κ1) is 27.2. The molecule has 0 heteroatoms. The van der Waals surface area contributed by atoms with Crippen LogP contribution in [0.25, 0.3) is 55.3 Å². The number of benzene rings is 6. The van der Waals surface area contributed by atoms with Gasteiger partial charge in [-0.3, -0.25) is 0 Å². The van der Waals surface area contributed by atoms with Gasteiger partial charge in [-0.15, -0.1) is 0 Å². The van der Waals surface area contributed by atoms with E-state index in [4.69, 9.17) is 0 Å². The molecule has 216 valence electrons. The zero-order valence-electron chi connectivity index (χ0n) is 26.4. The fourth-order valence-electron chi connectivity index (χ4n) is 8.88. The largest absolute Gasteiger partial charge is 0.0642 e. The maximum atomic E-state index is 2.53. The van der Waals surface area contributed by atoms with Crippen LogP contribution in [0, 0.1) is 0 Å². The molecular weight excluding hydrogens is 528 g/mol. The van der Waals surface area contributed by atoms with Crippen molar-refractivity contribution in [3.05, 3.63) is 144 Å². The zero-order chi connectivity index (χ0) is 30.1. The molecule has 0 saturated heterocycles. The van der Waals surface area contributed by atoms with Gasteiger partial charge in [0.2, 0.25) is 0 Å². The molecule has 0 atom stereocenters. The maximum absolute atomic E-state index is 2.53. The first-order chi connectivity index (χ1) is 21.6. The van der Waals surface area contributed by atoms with Gasteiger partial charge in [0.25, 0.3) is 0 Å². The maximum Gasteiger partial charge on any atom is 0.0210 e. The number of hydrogen-bond donors (Lipinski definition) is 0. The van der Waals surface area contributed by atoms with Gasteiger partial charge in [-0.25, -0.2) is 0 Å². The minimum atomic E-state index is 0.0110. The lowest BCUT2D eigenvalue weighted by molar-refractivity contribution is 0.490. The molecule has 8 rings (SSSR count). The van der Waals surface area contributed by atoms with E-state index < -0.39 is 0 Å². The highest BCUT2D eigenvalue weighted by Crippen LogP contribution is 2.56. The molecule has 0 bridgehead atoms. The van der Waals surface area contributed by atoms with Crippen LogP contribution in [0.15, 0.2) is 121 Å². The Bertz CT molecular complexity index is 2060. The second-order valence-corrected chi connectivity index (χ2v) is 13.0. The highest BCUT2D eigenvalue weighted by Gasteiger charge is 2.42. The van der Waals surface area contributed by atoms with Crippen molar-refractivity contribution in [2.75, 3.05) is 0 Å². The van der Waals surface area contributed by atoms with Crippen LogP contribution in [-0.2, 0) is 10.8 Å². The van der Waals surface area contributed by atoms with E-state index in [0.717, 1.165) is 25.7 Å². The summed E-state index contributed by atoms with van der Waals surface area (Å²) in [6, 6.07) is 46.4. The summed E-state index contributed by atoms with van der Waals surface area (Å²) in [7, 11) is 0. The van der Waals surface area contributed by atoms with Crippen molar-refractivity contribution < 1.29 is 0 Å². The SMILES string of the molecule is CCC1(CC)c2ccccc2-c2ccc(-c3ccc4c(c3)C(CC)(CC)c3cc(-c5ccc6ccccc6c5)ccc3-4)cc21. The lowest BCUT2D eigenvalue weighted by Gasteiger charge is -2.31. The standard InChI is InChI=1S/C44H40/c1-5-43(6-2)39-16-12-11-15-35(39)36-22-20-33(27-40(36)43)34-21-24-38-37-23-19-32(26-41(37)44(7-3,8-4)42(38)28-34)31-18-17-29-13-9-10-14-30(29)25-31/h9-28H,5-8H2,1-4H3. The molecule has 0 fully saturated rings. The molecule has 2 aliphatic rings. The molecule has 0 unspecified atom stereocenters. The molecule has 0 N–H and O–H groups in total. The molecule has 6 aromatic carbocycles.